The van der Waals surface area contributed by atoms with E-state index in [1.165, 1.54) is 0 Å². The first-order chi connectivity index (χ1) is 8.67. The molecule has 1 N–H and O–H groups in total. The number of hydrogen-bond donors (Lipinski definition) is 1. The molecule has 0 radical (unpaired) electrons. The van der Waals surface area contributed by atoms with Gasteiger partial charge < -0.3 is 10.2 Å². The van der Waals surface area contributed by atoms with Gasteiger partial charge in [-0.1, -0.05) is 32.9 Å². The molecule has 0 amide bonds. The maximum Gasteiger partial charge on any atom is 0.129 e. The molecule has 0 saturated heterocycles. The summed E-state index contributed by atoms with van der Waals surface area (Å²) in [5.41, 5.74) is 1.09. The highest BCUT2D eigenvalue weighted by atomic mass is 15.2. The van der Waals surface area contributed by atoms with Crippen molar-refractivity contribution in [1.29, 1.82) is 0 Å². The first-order valence-electron chi connectivity index (χ1n) is 6.72. The van der Waals surface area contributed by atoms with Gasteiger partial charge in [-0.05, 0) is 18.6 Å². The zero-order valence-electron chi connectivity index (χ0n) is 11.8. The maximum atomic E-state index is 4.70. The van der Waals surface area contributed by atoms with Crippen LogP contribution in [-0.4, -0.2) is 24.1 Å². The molecule has 0 aromatic carbocycles. The van der Waals surface area contributed by atoms with Crippen LogP contribution in [0.25, 0.3) is 0 Å². The van der Waals surface area contributed by atoms with Crippen LogP contribution < -0.4 is 10.2 Å². The predicted molar refractivity (Wildman–Crippen MR) is 78.9 cm³/mol. The number of nitrogens with zero attached hydrogens (tertiary/aromatic N) is 2. The van der Waals surface area contributed by atoms with Crippen LogP contribution in [0, 0.1) is 0 Å². The van der Waals surface area contributed by atoms with Crippen molar-refractivity contribution in [3.05, 3.63) is 36.5 Å². The predicted octanol–water partition coefficient (Wildman–Crippen LogP) is 2.98. The van der Waals surface area contributed by atoms with Gasteiger partial charge in [0.2, 0.25) is 0 Å². The minimum atomic E-state index is 0.482. The summed E-state index contributed by atoms with van der Waals surface area (Å²) in [6, 6.07) is 6.69. The van der Waals surface area contributed by atoms with Gasteiger partial charge >= 0.3 is 0 Å². The number of nitrogens with one attached hydrogen (secondary N) is 1. The molecule has 0 aliphatic rings. The smallest absolute Gasteiger partial charge is 0.129 e. The molecule has 1 aromatic rings. The maximum absolute atomic E-state index is 4.70. The summed E-state index contributed by atoms with van der Waals surface area (Å²) >= 11 is 0. The molecule has 1 aromatic heterocycles. The molecule has 1 heterocycles. The summed E-state index contributed by atoms with van der Waals surface area (Å²) in [5.74, 6) is 1.04. The van der Waals surface area contributed by atoms with Crippen LogP contribution >= 0.6 is 0 Å². The molecule has 100 valence electrons. The van der Waals surface area contributed by atoms with Crippen molar-refractivity contribution >= 4 is 5.82 Å². The van der Waals surface area contributed by atoms with E-state index in [4.69, 9.17) is 4.98 Å². The Hall–Kier alpha value is -1.35. The van der Waals surface area contributed by atoms with Gasteiger partial charge in [0.1, 0.15) is 5.82 Å². The average Bonchev–Trinajstić information content (AvgIpc) is 2.36. The van der Waals surface area contributed by atoms with Crippen LogP contribution in [0.2, 0.25) is 0 Å². The highest BCUT2D eigenvalue weighted by Gasteiger charge is 2.06. The second-order valence-corrected chi connectivity index (χ2v) is 4.76. The average molecular weight is 247 g/mol. The molecule has 0 spiro atoms. The van der Waals surface area contributed by atoms with Crippen molar-refractivity contribution < 1.29 is 0 Å². The Labute approximate surface area is 111 Å². The van der Waals surface area contributed by atoms with Crippen molar-refractivity contribution in [3.8, 4) is 0 Å². The van der Waals surface area contributed by atoms with Crippen LogP contribution in [0.5, 0.6) is 0 Å². The van der Waals surface area contributed by atoms with E-state index in [0.29, 0.717) is 6.04 Å². The number of aromatic nitrogens is 1. The highest BCUT2D eigenvalue weighted by molar-refractivity contribution is 5.40. The van der Waals surface area contributed by atoms with Gasteiger partial charge in [0.05, 0.1) is 5.69 Å². The van der Waals surface area contributed by atoms with Crippen LogP contribution in [0.15, 0.2) is 30.9 Å². The zero-order valence-corrected chi connectivity index (χ0v) is 11.8. The van der Waals surface area contributed by atoms with E-state index in [2.05, 4.69) is 55.8 Å². The van der Waals surface area contributed by atoms with Gasteiger partial charge in [0.25, 0.3) is 0 Å². The van der Waals surface area contributed by atoms with Crippen molar-refractivity contribution in [2.24, 2.45) is 0 Å². The van der Waals surface area contributed by atoms with Crippen LogP contribution in [0.4, 0.5) is 5.82 Å². The molecule has 3 heteroatoms. The van der Waals surface area contributed by atoms with Crippen molar-refractivity contribution in [2.75, 3.05) is 18.0 Å². The number of hydrogen-bond acceptors (Lipinski definition) is 3. The Bertz CT molecular complexity index is 361. The first kappa shape index (κ1) is 14.7. The van der Waals surface area contributed by atoms with Gasteiger partial charge in [-0.25, -0.2) is 4.98 Å². The zero-order chi connectivity index (χ0) is 13.4. The third-order valence-electron chi connectivity index (χ3n) is 2.65. The lowest BCUT2D eigenvalue weighted by Gasteiger charge is -2.22. The summed E-state index contributed by atoms with van der Waals surface area (Å²) in [7, 11) is 0. The SMILES string of the molecule is C=CCN(CCC)c1cccc(CNC(C)C)n1. The molecule has 1 rings (SSSR count). The molecular weight excluding hydrogens is 222 g/mol. The molecule has 0 atom stereocenters. The molecular formula is C15H25N3. The number of pyridine rings is 1. The fourth-order valence-corrected chi connectivity index (χ4v) is 1.78. The Morgan fingerprint density at radius 2 is 2.22 bits per heavy atom. The van der Waals surface area contributed by atoms with Crippen LogP contribution in [0.1, 0.15) is 32.9 Å². The van der Waals surface area contributed by atoms with E-state index >= 15 is 0 Å². The Balaban J connectivity index is 2.74. The Kier molecular flexibility index (Phi) is 6.44. The van der Waals surface area contributed by atoms with E-state index in [1.807, 2.05) is 6.08 Å². The minimum absolute atomic E-state index is 0.482. The molecule has 0 saturated carbocycles. The summed E-state index contributed by atoms with van der Waals surface area (Å²) in [5, 5.41) is 3.39. The molecule has 3 nitrogen and oxygen atoms in total. The van der Waals surface area contributed by atoms with E-state index < -0.39 is 0 Å². The Morgan fingerprint density at radius 3 is 2.83 bits per heavy atom. The lowest BCUT2D eigenvalue weighted by Crippen LogP contribution is -2.26. The van der Waals surface area contributed by atoms with Gasteiger partial charge in [0, 0.05) is 25.7 Å². The molecule has 0 fully saturated rings. The van der Waals surface area contributed by atoms with E-state index in [0.717, 1.165) is 37.6 Å². The largest absolute Gasteiger partial charge is 0.353 e. The number of rotatable bonds is 8. The van der Waals surface area contributed by atoms with E-state index in [1.54, 1.807) is 0 Å². The fourth-order valence-electron chi connectivity index (χ4n) is 1.78. The monoisotopic (exact) mass is 247 g/mol. The summed E-state index contributed by atoms with van der Waals surface area (Å²) in [4.78, 5) is 6.95. The Morgan fingerprint density at radius 1 is 1.44 bits per heavy atom. The lowest BCUT2D eigenvalue weighted by molar-refractivity contribution is 0.581. The summed E-state index contributed by atoms with van der Waals surface area (Å²) in [6.45, 7) is 13.0. The van der Waals surface area contributed by atoms with Gasteiger partial charge in [-0.15, -0.1) is 6.58 Å². The van der Waals surface area contributed by atoms with Crippen molar-refractivity contribution in [2.45, 2.75) is 39.8 Å². The molecule has 0 aliphatic carbocycles. The second kappa shape index (κ2) is 7.88. The molecule has 18 heavy (non-hydrogen) atoms. The van der Waals surface area contributed by atoms with Gasteiger partial charge in [0.15, 0.2) is 0 Å². The van der Waals surface area contributed by atoms with Gasteiger partial charge in [-0.3, -0.25) is 0 Å². The quantitative estimate of drug-likeness (QED) is 0.716. The third-order valence-corrected chi connectivity index (χ3v) is 2.65. The highest BCUT2D eigenvalue weighted by Crippen LogP contribution is 2.12. The number of anilines is 1. The normalized spacial score (nSPS) is 10.7. The van der Waals surface area contributed by atoms with Gasteiger partial charge in [-0.2, -0.15) is 0 Å². The molecule has 0 aliphatic heterocycles. The van der Waals surface area contributed by atoms with E-state index in [-0.39, 0.29) is 0 Å². The van der Waals surface area contributed by atoms with Crippen molar-refractivity contribution in [3.63, 3.8) is 0 Å². The van der Waals surface area contributed by atoms with Crippen LogP contribution in [0.3, 0.4) is 0 Å². The standard InChI is InChI=1S/C15H25N3/c1-5-10-18(11-6-2)15-9-7-8-14(17-15)12-16-13(3)4/h5,7-9,13,16H,1,6,10-12H2,2-4H3. The molecule has 0 unspecified atom stereocenters. The summed E-state index contributed by atoms with van der Waals surface area (Å²) < 4.78 is 0. The van der Waals surface area contributed by atoms with Crippen LogP contribution in [-0.2, 0) is 6.54 Å². The minimum Gasteiger partial charge on any atom is -0.353 e. The fraction of sp³-hybridized carbons (Fsp3) is 0.533. The lowest BCUT2D eigenvalue weighted by atomic mass is 10.3. The second-order valence-electron chi connectivity index (χ2n) is 4.76. The topological polar surface area (TPSA) is 28.2 Å². The third kappa shape index (κ3) is 4.88. The molecule has 0 bridgehead atoms. The van der Waals surface area contributed by atoms with Crippen molar-refractivity contribution in [1.82, 2.24) is 10.3 Å². The van der Waals surface area contributed by atoms with E-state index in [9.17, 15) is 0 Å². The first-order valence-corrected chi connectivity index (χ1v) is 6.72. The summed E-state index contributed by atoms with van der Waals surface area (Å²) in [6.07, 6.45) is 3.04.